The van der Waals surface area contributed by atoms with E-state index in [0.29, 0.717) is 30.8 Å². The van der Waals surface area contributed by atoms with Crippen LogP contribution in [0.2, 0.25) is 0 Å². The van der Waals surface area contributed by atoms with Gasteiger partial charge in [0.2, 0.25) is 0 Å². The molecule has 270 valence electrons. The summed E-state index contributed by atoms with van der Waals surface area (Å²) >= 11 is 0. The number of aromatic nitrogens is 3. The molecule has 0 radical (unpaired) electrons. The van der Waals surface area contributed by atoms with Crippen molar-refractivity contribution >= 4 is 11.9 Å². The molecule has 3 heterocycles. The summed E-state index contributed by atoms with van der Waals surface area (Å²) in [6.07, 6.45) is 11.3. The molecule has 0 aliphatic carbocycles. The number of carboxylic acid groups (broad SMARTS) is 1. The quantitative estimate of drug-likeness (QED) is 0.105. The number of carboxylic acids is 1. The Labute approximate surface area is 301 Å². The molecular formula is C41H51N5O5. The van der Waals surface area contributed by atoms with Crippen LogP contribution in [0.15, 0.2) is 79.3 Å². The maximum atomic E-state index is 13.4. The van der Waals surface area contributed by atoms with Crippen molar-refractivity contribution in [2.45, 2.75) is 103 Å². The fraction of sp³-hybridized carbons (Fsp3) is 0.439. The first-order chi connectivity index (χ1) is 24.5. The number of aliphatic hydroxyl groups excluding tert-OH is 1. The Bertz CT molecular complexity index is 1700. The number of nitrogens with zero attached hydrogens (tertiary/aromatic N) is 4. The minimum atomic E-state index is -1.20. The number of carbonyl (C=O) groups is 2. The lowest BCUT2D eigenvalue weighted by Crippen LogP contribution is -2.55. The summed E-state index contributed by atoms with van der Waals surface area (Å²) in [6.45, 7) is 9.52. The summed E-state index contributed by atoms with van der Waals surface area (Å²) in [7, 11) is 0. The Morgan fingerprint density at radius 2 is 1.57 bits per heavy atom. The molecule has 3 atom stereocenters. The number of nitrogens with one attached hydrogen (secondary N) is 1. The van der Waals surface area contributed by atoms with E-state index < -0.39 is 24.3 Å². The number of hydrogen-bond donors (Lipinski definition) is 3. The average Bonchev–Trinajstić information content (AvgIpc) is 3.64. The monoisotopic (exact) mass is 693 g/mol. The first kappa shape index (κ1) is 37.6. The van der Waals surface area contributed by atoms with Gasteiger partial charge in [-0.05, 0) is 61.1 Å². The van der Waals surface area contributed by atoms with Crippen molar-refractivity contribution < 1.29 is 24.5 Å². The van der Waals surface area contributed by atoms with Crippen molar-refractivity contribution in [2.24, 2.45) is 0 Å². The lowest BCUT2D eigenvalue weighted by Gasteiger charge is -2.33. The van der Waals surface area contributed by atoms with Crippen LogP contribution in [-0.4, -0.2) is 73.4 Å². The molecule has 3 N–H and O–H groups in total. The first-order valence-electron chi connectivity index (χ1n) is 18.1. The minimum absolute atomic E-state index is 0.163. The summed E-state index contributed by atoms with van der Waals surface area (Å²) in [5, 5.41) is 24.2. The van der Waals surface area contributed by atoms with Crippen LogP contribution in [0.5, 0.6) is 5.75 Å². The van der Waals surface area contributed by atoms with E-state index in [2.05, 4.69) is 48.0 Å². The average molecular weight is 694 g/mol. The number of ether oxygens (including phenoxy) is 1. The zero-order chi connectivity index (χ0) is 36.4. The maximum absolute atomic E-state index is 13.4. The molecule has 4 aromatic rings. The Morgan fingerprint density at radius 1 is 0.882 bits per heavy atom. The number of unbranched alkanes of at least 4 members (excludes halogenated alkanes) is 4. The second-order valence-electron chi connectivity index (χ2n) is 14.4. The molecule has 1 aliphatic heterocycles. The zero-order valence-corrected chi connectivity index (χ0v) is 30.2. The standard InChI is InChI=1S/C41H51N5O5/c1-5-6-7-8-9-23-51-33-19-16-29(17-20-33)32-26-43-37(44-27-32)30-14-12-28(13-15-30)24-34(39(48)46-22-10-11-35(46)40(49)50)45-38(47)31-18-21-36(42-25-31)41(2,3)4/h12-21,25-27,34-35,39,48H,5-11,22-24H2,1-4H3,(H,45,47)(H,49,50)/t34-,35-,39?/m0/s1. The number of rotatable bonds is 16. The highest BCUT2D eigenvalue weighted by Crippen LogP contribution is 2.26. The zero-order valence-electron chi connectivity index (χ0n) is 30.2. The SMILES string of the molecule is CCCCCCCOc1ccc(-c2cnc(-c3ccc(C[C@H](NC(=O)c4ccc(C(C)(C)C)nc4)C(O)N4CCC[C@H]4C(=O)O)cc3)nc2)cc1. The van der Waals surface area contributed by atoms with Crippen molar-refractivity contribution in [1.29, 1.82) is 0 Å². The van der Waals surface area contributed by atoms with E-state index in [1.54, 1.807) is 23.4 Å². The number of pyridine rings is 1. The summed E-state index contributed by atoms with van der Waals surface area (Å²) in [5.41, 5.74) is 4.65. The van der Waals surface area contributed by atoms with Crippen LogP contribution < -0.4 is 10.1 Å². The molecular weight excluding hydrogens is 642 g/mol. The second-order valence-corrected chi connectivity index (χ2v) is 14.4. The Kier molecular flexibility index (Phi) is 12.9. The third-order valence-corrected chi connectivity index (χ3v) is 9.41. The van der Waals surface area contributed by atoms with Crippen molar-refractivity contribution in [1.82, 2.24) is 25.2 Å². The second kappa shape index (κ2) is 17.5. The highest BCUT2D eigenvalue weighted by Gasteiger charge is 2.38. The van der Waals surface area contributed by atoms with Crippen LogP contribution >= 0.6 is 0 Å². The normalized spacial score (nSPS) is 16.1. The van der Waals surface area contributed by atoms with Gasteiger partial charge in [-0.3, -0.25) is 19.5 Å². The Morgan fingerprint density at radius 3 is 2.20 bits per heavy atom. The van der Waals surface area contributed by atoms with E-state index in [9.17, 15) is 19.8 Å². The van der Waals surface area contributed by atoms with Gasteiger partial charge in [-0.1, -0.05) is 89.8 Å². The minimum Gasteiger partial charge on any atom is -0.494 e. The van der Waals surface area contributed by atoms with E-state index in [1.165, 1.54) is 31.9 Å². The van der Waals surface area contributed by atoms with Gasteiger partial charge in [0.15, 0.2) is 5.82 Å². The first-order valence-corrected chi connectivity index (χ1v) is 18.1. The van der Waals surface area contributed by atoms with Crippen molar-refractivity contribution in [2.75, 3.05) is 13.2 Å². The van der Waals surface area contributed by atoms with Gasteiger partial charge in [0.05, 0.1) is 18.2 Å². The van der Waals surface area contributed by atoms with Gasteiger partial charge in [0, 0.05) is 47.4 Å². The van der Waals surface area contributed by atoms with Crippen LogP contribution in [0.1, 0.15) is 94.3 Å². The van der Waals surface area contributed by atoms with E-state index in [0.717, 1.165) is 46.7 Å². The summed E-state index contributed by atoms with van der Waals surface area (Å²) in [4.78, 5) is 40.6. The number of benzene rings is 2. The Hall–Kier alpha value is -4.67. The van der Waals surface area contributed by atoms with Gasteiger partial charge in [0.1, 0.15) is 18.0 Å². The number of likely N-dealkylation sites (tertiary alicyclic amines) is 1. The maximum Gasteiger partial charge on any atom is 0.320 e. The Balaban J connectivity index is 1.24. The van der Waals surface area contributed by atoms with E-state index in [4.69, 9.17) is 4.74 Å². The molecule has 1 aliphatic rings. The van der Waals surface area contributed by atoms with Crippen molar-refractivity contribution in [3.8, 4) is 28.3 Å². The van der Waals surface area contributed by atoms with Crippen LogP contribution in [0.25, 0.3) is 22.5 Å². The number of hydrogen-bond acceptors (Lipinski definition) is 8. The van der Waals surface area contributed by atoms with Crippen molar-refractivity contribution in [3.63, 3.8) is 0 Å². The summed E-state index contributed by atoms with van der Waals surface area (Å²) in [5.74, 6) is 0.0625. The highest BCUT2D eigenvalue weighted by atomic mass is 16.5. The van der Waals surface area contributed by atoms with Gasteiger partial charge in [-0.25, -0.2) is 9.97 Å². The van der Waals surface area contributed by atoms with Gasteiger partial charge in [-0.2, -0.15) is 0 Å². The molecule has 5 rings (SSSR count). The van der Waals surface area contributed by atoms with Gasteiger partial charge in [0.25, 0.3) is 5.91 Å². The summed E-state index contributed by atoms with van der Waals surface area (Å²) < 4.78 is 5.90. The molecule has 0 spiro atoms. The highest BCUT2D eigenvalue weighted by molar-refractivity contribution is 5.94. The molecule has 51 heavy (non-hydrogen) atoms. The molecule has 1 fully saturated rings. The molecule has 2 aromatic heterocycles. The summed E-state index contributed by atoms with van der Waals surface area (Å²) in [6, 6.07) is 17.6. The van der Waals surface area contributed by atoms with E-state index >= 15 is 0 Å². The van der Waals surface area contributed by atoms with Crippen LogP contribution in [-0.2, 0) is 16.6 Å². The molecule has 0 bridgehead atoms. The third kappa shape index (κ3) is 10.2. The van der Waals surface area contributed by atoms with E-state index in [-0.39, 0.29) is 17.7 Å². The fourth-order valence-electron chi connectivity index (χ4n) is 6.37. The van der Waals surface area contributed by atoms with Gasteiger partial charge >= 0.3 is 5.97 Å². The molecule has 10 heteroatoms. The van der Waals surface area contributed by atoms with E-state index in [1.807, 2.05) is 54.6 Å². The molecule has 1 unspecified atom stereocenters. The molecule has 2 aromatic carbocycles. The van der Waals surface area contributed by atoms with Gasteiger partial charge < -0.3 is 20.3 Å². The number of amides is 1. The topological polar surface area (TPSA) is 138 Å². The third-order valence-electron chi connectivity index (χ3n) is 9.41. The number of carbonyl (C=O) groups excluding carboxylic acids is 1. The van der Waals surface area contributed by atoms with Crippen LogP contribution in [0, 0.1) is 0 Å². The number of aliphatic carboxylic acids is 1. The smallest absolute Gasteiger partial charge is 0.320 e. The lowest BCUT2D eigenvalue weighted by molar-refractivity contribution is -0.147. The largest absolute Gasteiger partial charge is 0.494 e. The molecule has 10 nitrogen and oxygen atoms in total. The molecule has 0 saturated carbocycles. The number of aliphatic hydroxyl groups is 1. The predicted octanol–water partition coefficient (Wildman–Crippen LogP) is 7.06. The van der Waals surface area contributed by atoms with Gasteiger partial charge in [-0.15, -0.1) is 0 Å². The van der Waals surface area contributed by atoms with Crippen molar-refractivity contribution in [3.05, 3.63) is 96.1 Å². The van der Waals surface area contributed by atoms with Crippen LogP contribution in [0.4, 0.5) is 0 Å². The lowest BCUT2D eigenvalue weighted by atomic mass is 9.91. The fourth-order valence-corrected chi connectivity index (χ4v) is 6.37. The molecule has 1 amide bonds. The molecule has 1 saturated heterocycles. The van der Waals surface area contributed by atoms with Crippen LogP contribution in [0.3, 0.4) is 0 Å². The predicted molar refractivity (Wildman–Crippen MR) is 198 cm³/mol.